The molecule has 0 saturated carbocycles. The minimum Gasteiger partial charge on any atom is -0.337 e. The Morgan fingerprint density at radius 2 is 1.93 bits per heavy atom. The lowest BCUT2D eigenvalue weighted by Gasteiger charge is -2.21. The van der Waals surface area contributed by atoms with E-state index in [0.717, 1.165) is 61.4 Å². The van der Waals surface area contributed by atoms with Crippen molar-refractivity contribution in [2.45, 2.75) is 19.9 Å². The minimum atomic E-state index is 0.0746. The maximum absolute atomic E-state index is 13.4. The molecule has 0 radical (unpaired) electrons. The van der Waals surface area contributed by atoms with Crippen LogP contribution in [0.5, 0.6) is 0 Å². The van der Waals surface area contributed by atoms with Gasteiger partial charge >= 0.3 is 0 Å². The molecule has 6 nitrogen and oxygen atoms in total. The second kappa shape index (κ2) is 7.48. The minimum absolute atomic E-state index is 0.0746. The van der Waals surface area contributed by atoms with Gasteiger partial charge in [-0.1, -0.05) is 30.3 Å². The van der Waals surface area contributed by atoms with Gasteiger partial charge in [0.05, 0.1) is 22.8 Å². The fourth-order valence-electron chi connectivity index (χ4n) is 3.63. The first-order valence-electron chi connectivity index (χ1n) is 9.57. The number of nitrogens with zero attached hydrogens (tertiary/aromatic N) is 5. The van der Waals surface area contributed by atoms with E-state index in [1.54, 1.807) is 6.20 Å². The van der Waals surface area contributed by atoms with E-state index in [-0.39, 0.29) is 5.91 Å². The van der Waals surface area contributed by atoms with Gasteiger partial charge < -0.3 is 9.80 Å². The molecule has 0 N–H and O–H groups in total. The van der Waals surface area contributed by atoms with Gasteiger partial charge in [-0.15, -0.1) is 0 Å². The van der Waals surface area contributed by atoms with Gasteiger partial charge in [-0.3, -0.25) is 4.79 Å². The summed E-state index contributed by atoms with van der Waals surface area (Å²) in [4.78, 5) is 22.5. The third-order valence-electron chi connectivity index (χ3n) is 5.22. The summed E-state index contributed by atoms with van der Waals surface area (Å²) < 4.78 is 1.86. The van der Waals surface area contributed by atoms with E-state index in [0.29, 0.717) is 5.56 Å². The zero-order valence-corrected chi connectivity index (χ0v) is 15.9. The highest BCUT2D eigenvalue weighted by Crippen LogP contribution is 2.26. The number of hydrogen-bond acceptors (Lipinski definition) is 4. The molecular formula is C21H25N5O. The Morgan fingerprint density at radius 1 is 1.11 bits per heavy atom. The van der Waals surface area contributed by atoms with Crippen molar-refractivity contribution in [2.75, 3.05) is 33.2 Å². The molecule has 1 aromatic carbocycles. The fourth-order valence-corrected chi connectivity index (χ4v) is 3.63. The van der Waals surface area contributed by atoms with E-state index < -0.39 is 0 Å². The number of carbonyl (C=O) groups excluding carboxylic acids is 1. The van der Waals surface area contributed by atoms with Crippen LogP contribution >= 0.6 is 0 Å². The van der Waals surface area contributed by atoms with Crippen LogP contribution in [-0.4, -0.2) is 63.7 Å². The van der Waals surface area contributed by atoms with Gasteiger partial charge in [0.25, 0.3) is 5.91 Å². The van der Waals surface area contributed by atoms with Gasteiger partial charge in [0, 0.05) is 31.7 Å². The fraction of sp³-hybridized carbons (Fsp3) is 0.381. The first-order chi connectivity index (χ1) is 13.2. The third kappa shape index (κ3) is 3.45. The number of hydrogen-bond donors (Lipinski definition) is 0. The Morgan fingerprint density at radius 3 is 2.70 bits per heavy atom. The molecule has 140 valence electrons. The molecular weight excluding hydrogens is 338 g/mol. The summed E-state index contributed by atoms with van der Waals surface area (Å²) in [5.74, 6) is 0.0746. The molecule has 3 heterocycles. The maximum Gasteiger partial charge on any atom is 0.254 e. The van der Waals surface area contributed by atoms with Crippen LogP contribution in [-0.2, 0) is 6.54 Å². The number of rotatable bonds is 3. The van der Waals surface area contributed by atoms with Crippen LogP contribution in [0.4, 0.5) is 0 Å². The number of carbonyl (C=O) groups is 1. The number of amides is 1. The summed E-state index contributed by atoms with van der Waals surface area (Å²) in [6.07, 6.45) is 2.77. The monoisotopic (exact) mass is 363 g/mol. The second-order valence-electron chi connectivity index (χ2n) is 7.07. The van der Waals surface area contributed by atoms with Gasteiger partial charge in [0.1, 0.15) is 0 Å². The van der Waals surface area contributed by atoms with Crippen LogP contribution in [0, 0.1) is 0 Å². The summed E-state index contributed by atoms with van der Waals surface area (Å²) in [5.41, 5.74) is 3.29. The van der Waals surface area contributed by atoms with Crippen molar-refractivity contribution in [3.63, 3.8) is 0 Å². The van der Waals surface area contributed by atoms with E-state index >= 15 is 0 Å². The Balaban J connectivity index is 1.81. The topological polar surface area (TPSA) is 54.3 Å². The Hall–Kier alpha value is -2.73. The summed E-state index contributed by atoms with van der Waals surface area (Å²) in [7, 11) is 2.11. The zero-order valence-electron chi connectivity index (χ0n) is 15.9. The SMILES string of the molecule is CCn1ncc2c(C(=O)N3CCCN(C)CC3)cc(-c3ccccc3)nc21. The highest BCUT2D eigenvalue weighted by molar-refractivity contribution is 6.06. The molecule has 0 atom stereocenters. The van der Waals surface area contributed by atoms with Crippen molar-refractivity contribution in [1.82, 2.24) is 24.6 Å². The predicted molar refractivity (Wildman–Crippen MR) is 107 cm³/mol. The predicted octanol–water partition coefficient (Wildman–Crippen LogP) is 2.90. The van der Waals surface area contributed by atoms with Crippen molar-refractivity contribution in [2.24, 2.45) is 0 Å². The van der Waals surface area contributed by atoms with Crippen LogP contribution < -0.4 is 0 Å². The van der Waals surface area contributed by atoms with E-state index in [1.165, 1.54) is 0 Å². The second-order valence-corrected chi connectivity index (χ2v) is 7.07. The maximum atomic E-state index is 13.4. The van der Waals surface area contributed by atoms with Gasteiger partial charge in [0.15, 0.2) is 5.65 Å². The number of aromatic nitrogens is 3. The van der Waals surface area contributed by atoms with E-state index in [2.05, 4.69) is 17.0 Å². The molecule has 27 heavy (non-hydrogen) atoms. The van der Waals surface area contributed by atoms with E-state index in [1.807, 2.05) is 52.9 Å². The lowest BCUT2D eigenvalue weighted by atomic mass is 10.1. The highest BCUT2D eigenvalue weighted by Gasteiger charge is 2.23. The summed E-state index contributed by atoms with van der Waals surface area (Å²) in [6.45, 7) is 6.22. The summed E-state index contributed by atoms with van der Waals surface area (Å²) >= 11 is 0. The Labute approximate surface area is 159 Å². The quantitative estimate of drug-likeness (QED) is 0.718. The first kappa shape index (κ1) is 17.7. The van der Waals surface area contributed by atoms with Crippen LogP contribution in [0.15, 0.2) is 42.6 Å². The normalized spacial score (nSPS) is 15.9. The molecule has 1 aliphatic heterocycles. The van der Waals surface area contributed by atoms with Crippen LogP contribution in [0.3, 0.4) is 0 Å². The van der Waals surface area contributed by atoms with Crippen LogP contribution in [0.25, 0.3) is 22.3 Å². The van der Waals surface area contributed by atoms with Gasteiger partial charge in [0.2, 0.25) is 0 Å². The van der Waals surface area contributed by atoms with Gasteiger partial charge in [-0.2, -0.15) is 5.10 Å². The van der Waals surface area contributed by atoms with Crippen molar-refractivity contribution in [3.8, 4) is 11.3 Å². The van der Waals surface area contributed by atoms with E-state index in [4.69, 9.17) is 4.98 Å². The molecule has 4 rings (SSSR count). The molecule has 1 aliphatic rings. The first-order valence-corrected chi connectivity index (χ1v) is 9.57. The molecule has 0 bridgehead atoms. The third-order valence-corrected chi connectivity index (χ3v) is 5.22. The van der Waals surface area contributed by atoms with E-state index in [9.17, 15) is 4.79 Å². The number of aryl methyl sites for hydroxylation is 1. The van der Waals surface area contributed by atoms with Crippen molar-refractivity contribution >= 4 is 16.9 Å². The average molecular weight is 363 g/mol. The van der Waals surface area contributed by atoms with Crippen molar-refractivity contribution in [3.05, 3.63) is 48.2 Å². The van der Waals surface area contributed by atoms with Gasteiger partial charge in [-0.25, -0.2) is 9.67 Å². The molecule has 1 saturated heterocycles. The summed E-state index contributed by atoms with van der Waals surface area (Å²) in [6, 6.07) is 11.9. The van der Waals surface area contributed by atoms with Crippen LogP contribution in [0.1, 0.15) is 23.7 Å². The summed E-state index contributed by atoms with van der Waals surface area (Å²) in [5, 5.41) is 5.28. The smallest absolute Gasteiger partial charge is 0.254 e. The van der Waals surface area contributed by atoms with Crippen molar-refractivity contribution in [1.29, 1.82) is 0 Å². The molecule has 2 aromatic heterocycles. The largest absolute Gasteiger partial charge is 0.337 e. The molecule has 3 aromatic rings. The lowest BCUT2D eigenvalue weighted by molar-refractivity contribution is 0.0765. The number of benzene rings is 1. The highest BCUT2D eigenvalue weighted by atomic mass is 16.2. The molecule has 1 amide bonds. The van der Waals surface area contributed by atoms with Gasteiger partial charge in [-0.05, 0) is 33.0 Å². The average Bonchev–Trinajstić information content (AvgIpc) is 3.00. The lowest BCUT2D eigenvalue weighted by Crippen LogP contribution is -2.34. The van der Waals surface area contributed by atoms with Crippen LogP contribution in [0.2, 0.25) is 0 Å². The Bertz CT molecular complexity index is 950. The Kier molecular flexibility index (Phi) is 4.90. The molecule has 6 heteroatoms. The zero-order chi connectivity index (χ0) is 18.8. The molecule has 0 spiro atoms. The number of fused-ring (bicyclic) bond motifs is 1. The molecule has 0 aliphatic carbocycles. The number of likely N-dealkylation sites (N-methyl/N-ethyl adjacent to an activating group) is 1. The standard InChI is InChI=1S/C21H25N5O/c1-3-26-20-18(15-22-26)17(14-19(23-20)16-8-5-4-6-9-16)21(27)25-11-7-10-24(2)12-13-25/h4-6,8-9,14-15H,3,7,10-13H2,1-2H3. The molecule has 1 fully saturated rings. The molecule has 0 unspecified atom stereocenters. The van der Waals surface area contributed by atoms with Crippen molar-refractivity contribution < 1.29 is 4.79 Å². The number of pyridine rings is 1.